The Bertz CT molecular complexity index is 1400. The SMILES string of the molecule is O=C(NCc1ccc(F)cc1)c1nc2n(c(=O)c1O)CCCCC21CCN(C(=O)OCc2ccccc2)CC1. The van der Waals surface area contributed by atoms with Gasteiger partial charge in [0.25, 0.3) is 11.5 Å². The molecule has 0 aliphatic carbocycles. The number of aromatic nitrogens is 2. The minimum atomic E-state index is -0.686. The molecule has 3 aromatic rings. The highest BCUT2D eigenvalue weighted by Gasteiger charge is 2.43. The van der Waals surface area contributed by atoms with Gasteiger partial charge in [-0.15, -0.1) is 0 Å². The topological polar surface area (TPSA) is 114 Å². The molecule has 9 nitrogen and oxygen atoms in total. The first kappa shape index (κ1) is 26.4. The van der Waals surface area contributed by atoms with Gasteiger partial charge in [-0.05, 0) is 48.9 Å². The van der Waals surface area contributed by atoms with Gasteiger partial charge in [0.1, 0.15) is 18.2 Å². The van der Waals surface area contributed by atoms with Crippen molar-refractivity contribution in [3.8, 4) is 5.75 Å². The summed E-state index contributed by atoms with van der Waals surface area (Å²) in [6, 6.07) is 15.1. The van der Waals surface area contributed by atoms with E-state index in [1.807, 2.05) is 30.3 Å². The first-order valence-electron chi connectivity index (χ1n) is 13.2. The van der Waals surface area contributed by atoms with Crippen molar-refractivity contribution < 1.29 is 23.8 Å². The fourth-order valence-electron chi connectivity index (χ4n) is 5.43. The van der Waals surface area contributed by atoms with Crippen LogP contribution in [0.4, 0.5) is 9.18 Å². The van der Waals surface area contributed by atoms with Gasteiger partial charge in [-0.1, -0.05) is 48.9 Å². The van der Waals surface area contributed by atoms with Crippen LogP contribution >= 0.6 is 0 Å². The summed E-state index contributed by atoms with van der Waals surface area (Å²) in [5.74, 6) is -1.27. The molecule has 0 saturated carbocycles. The van der Waals surface area contributed by atoms with E-state index in [0.29, 0.717) is 43.9 Å². The number of nitrogens with zero attached hydrogens (tertiary/aromatic N) is 3. The Hall–Kier alpha value is -4.21. The number of carbonyl (C=O) groups excluding carboxylic acids is 2. The second-order valence-electron chi connectivity index (χ2n) is 10.2. The van der Waals surface area contributed by atoms with E-state index < -0.39 is 22.6 Å². The number of fused-ring (bicyclic) bond motifs is 2. The highest BCUT2D eigenvalue weighted by Crippen LogP contribution is 2.41. The fraction of sp³-hybridized carbons (Fsp3) is 0.379. The summed E-state index contributed by atoms with van der Waals surface area (Å²) in [5.41, 5.74) is 0.104. The lowest BCUT2D eigenvalue weighted by molar-refractivity contribution is 0.0742. The van der Waals surface area contributed by atoms with Crippen LogP contribution in [0.15, 0.2) is 59.4 Å². The van der Waals surface area contributed by atoms with E-state index in [2.05, 4.69) is 10.3 Å². The third kappa shape index (κ3) is 5.64. The molecule has 0 atom stereocenters. The third-order valence-electron chi connectivity index (χ3n) is 7.67. The van der Waals surface area contributed by atoms with Crippen molar-refractivity contribution >= 4 is 12.0 Å². The van der Waals surface area contributed by atoms with Gasteiger partial charge in [0, 0.05) is 31.6 Å². The molecule has 1 aromatic heterocycles. The largest absolute Gasteiger partial charge is 0.501 e. The number of likely N-dealkylation sites (tertiary alicyclic amines) is 1. The predicted molar refractivity (Wildman–Crippen MR) is 141 cm³/mol. The Morgan fingerprint density at radius 3 is 2.41 bits per heavy atom. The molecule has 2 N–H and O–H groups in total. The van der Waals surface area contributed by atoms with E-state index in [1.165, 1.54) is 16.7 Å². The number of hydrogen-bond acceptors (Lipinski definition) is 6. The quantitative estimate of drug-likeness (QED) is 0.514. The maximum absolute atomic E-state index is 13.2. The van der Waals surface area contributed by atoms with Crippen LogP contribution in [0.5, 0.6) is 5.75 Å². The molecule has 2 aliphatic heterocycles. The molecule has 2 amide bonds. The van der Waals surface area contributed by atoms with Crippen LogP contribution in [0.25, 0.3) is 0 Å². The number of benzene rings is 2. The highest BCUT2D eigenvalue weighted by molar-refractivity contribution is 5.94. The molecule has 0 unspecified atom stereocenters. The molecular formula is C29H31FN4O5. The Labute approximate surface area is 225 Å². The van der Waals surface area contributed by atoms with Gasteiger partial charge in [0.05, 0.1) is 0 Å². The number of aromatic hydroxyl groups is 1. The number of rotatable bonds is 5. The summed E-state index contributed by atoms with van der Waals surface area (Å²) in [6.45, 7) is 1.53. The van der Waals surface area contributed by atoms with Crippen LogP contribution in [-0.4, -0.2) is 44.6 Å². The highest BCUT2D eigenvalue weighted by atomic mass is 19.1. The average Bonchev–Trinajstić information content (AvgIpc) is 3.13. The van der Waals surface area contributed by atoms with Crippen molar-refractivity contribution in [1.82, 2.24) is 19.8 Å². The second-order valence-corrected chi connectivity index (χ2v) is 10.2. The number of hydrogen-bond donors (Lipinski definition) is 2. The normalized spacial score (nSPS) is 16.3. The number of halogens is 1. The minimum Gasteiger partial charge on any atom is -0.501 e. The van der Waals surface area contributed by atoms with Crippen molar-refractivity contribution in [2.24, 2.45) is 0 Å². The van der Waals surface area contributed by atoms with E-state index in [9.17, 15) is 23.9 Å². The zero-order valence-corrected chi connectivity index (χ0v) is 21.6. The number of amides is 2. The average molecular weight is 535 g/mol. The van der Waals surface area contributed by atoms with Gasteiger partial charge in [0.15, 0.2) is 5.69 Å². The molecule has 0 bridgehead atoms. The van der Waals surface area contributed by atoms with Crippen molar-refractivity contribution in [3.63, 3.8) is 0 Å². The minimum absolute atomic E-state index is 0.0872. The lowest BCUT2D eigenvalue weighted by Gasteiger charge is -2.41. The molecule has 2 aromatic carbocycles. The first-order chi connectivity index (χ1) is 18.9. The molecule has 1 spiro atoms. The van der Waals surface area contributed by atoms with E-state index in [0.717, 1.165) is 24.8 Å². The zero-order valence-electron chi connectivity index (χ0n) is 21.6. The third-order valence-corrected chi connectivity index (χ3v) is 7.67. The van der Waals surface area contributed by atoms with E-state index in [4.69, 9.17) is 4.74 Å². The summed E-state index contributed by atoms with van der Waals surface area (Å²) in [4.78, 5) is 45.2. The molecule has 10 heteroatoms. The van der Waals surface area contributed by atoms with Crippen LogP contribution in [-0.2, 0) is 29.8 Å². The Balaban J connectivity index is 1.33. The summed E-state index contributed by atoms with van der Waals surface area (Å²) >= 11 is 0. The first-order valence-corrected chi connectivity index (χ1v) is 13.2. The number of carbonyl (C=O) groups is 2. The molecule has 39 heavy (non-hydrogen) atoms. The number of piperidine rings is 1. The van der Waals surface area contributed by atoms with Crippen LogP contribution in [0.2, 0.25) is 0 Å². The monoisotopic (exact) mass is 534 g/mol. The summed E-state index contributed by atoms with van der Waals surface area (Å²) in [6.07, 6.45) is 3.08. The second kappa shape index (κ2) is 11.3. The molecular weight excluding hydrogens is 503 g/mol. The lowest BCUT2D eigenvalue weighted by Crippen LogP contribution is -2.47. The van der Waals surface area contributed by atoms with E-state index >= 15 is 0 Å². The Kier molecular flexibility index (Phi) is 7.63. The molecule has 0 radical (unpaired) electrons. The molecule has 5 rings (SSSR count). The van der Waals surface area contributed by atoms with E-state index in [-0.39, 0.29) is 30.8 Å². The molecule has 1 fully saturated rings. The number of nitrogens with one attached hydrogen (secondary N) is 1. The Morgan fingerprint density at radius 1 is 0.974 bits per heavy atom. The maximum Gasteiger partial charge on any atom is 0.410 e. The van der Waals surface area contributed by atoms with Gasteiger partial charge in [-0.2, -0.15) is 0 Å². The summed E-state index contributed by atoms with van der Waals surface area (Å²) in [7, 11) is 0. The predicted octanol–water partition coefficient (Wildman–Crippen LogP) is 3.87. The molecule has 3 heterocycles. The van der Waals surface area contributed by atoms with Crippen LogP contribution in [0.3, 0.4) is 0 Å². The number of ether oxygens (including phenoxy) is 1. The van der Waals surface area contributed by atoms with Gasteiger partial charge in [0.2, 0.25) is 5.75 Å². The van der Waals surface area contributed by atoms with E-state index in [1.54, 1.807) is 17.0 Å². The van der Waals surface area contributed by atoms with Crippen molar-refractivity contribution in [3.05, 3.63) is 93.4 Å². The molecule has 2 aliphatic rings. The molecule has 204 valence electrons. The smallest absolute Gasteiger partial charge is 0.410 e. The van der Waals surface area contributed by atoms with Crippen molar-refractivity contribution in [1.29, 1.82) is 0 Å². The van der Waals surface area contributed by atoms with Gasteiger partial charge in [-0.3, -0.25) is 14.2 Å². The van der Waals surface area contributed by atoms with Crippen molar-refractivity contribution in [2.45, 2.75) is 57.2 Å². The van der Waals surface area contributed by atoms with Gasteiger partial charge < -0.3 is 20.1 Å². The van der Waals surface area contributed by atoms with Crippen LogP contribution in [0.1, 0.15) is 59.5 Å². The molecule has 1 saturated heterocycles. The maximum atomic E-state index is 13.2. The Morgan fingerprint density at radius 2 is 1.69 bits per heavy atom. The zero-order chi connectivity index (χ0) is 27.4. The summed E-state index contributed by atoms with van der Waals surface area (Å²) < 4.78 is 20.2. The van der Waals surface area contributed by atoms with Crippen LogP contribution in [0, 0.1) is 5.82 Å². The van der Waals surface area contributed by atoms with Crippen LogP contribution < -0.4 is 10.9 Å². The van der Waals surface area contributed by atoms with Gasteiger partial charge in [-0.25, -0.2) is 14.2 Å². The lowest BCUT2D eigenvalue weighted by atomic mass is 9.74. The summed E-state index contributed by atoms with van der Waals surface area (Å²) in [5, 5.41) is 13.3. The van der Waals surface area contributed by atoms with Crippen molar-refractivity contribution in [2.75, 3.05) is 13.1 Å². The van der Waals surface area contributed by atoms with Gasteiger partial charge >= 0.3 is 6.09 Å². The fourth-order valence-corrected chi connectivity index (χ4v) is 5.43. The standard InChI is InChI=1S/C29H31FN4O5/c30-22-10-8-20(9-11-22)18-31-25(36)23-24(35)26(37)34-15-5-4-12-29(27(34)32-23)13-16-33(17-14-29)28(38)39-19-21-6-2-1-3-7-21/h1-3,6-11,35H,4-5,12-19H2,(H,31,36).